The third-order valence-corrected chi connectivity index (χ3v) is 4.25. The van der Waals surface area contributed by atoms with Crippen LogP contribution in [0.2, 0.25) is 4.34 Å². The van der Waals surface area contributed by atoms with Crippen LogP contribution in [0.15, 0.2) is 12.1 Å². The zero-order valence-electron chi connectivity index (χ0n) is 12.2. The van der Waals surface area contributed by atoms with E-state index in [1.165, 1.54) is 0 Å². The molecule has 0 unspecified atom stereocenters. The Hall–Kier alpha value is -1.13. The van der Waals surface area contributed by atoms with Gasteiger partial charge in [-0.25, -0.2) is 9.97 Å². The second kappa shape index (κ2) is 7.04. The van der Waals surface area contributed by atoms with Gasteiger partial charge in [0.2, 0.25) is 0 Å². The van der Waals surface area contributed by atoms with Gasteiger partial charge in [0.1, 0.15) is 11.6 Å². The lowest BCUT2D eigenvalue weighted by atomic mass is 10.2. The maximum Gasteiger partial charge on any atom is 0.133 e. The number of thiophene rings is 1. The first kappa shape index (κ1) is 15.3. The molecular weight excluding hydrogens is 290 g/mol. The maximum absolute atomic E-state index is 6.05. The van der Waals surface area contributed by atoms with E-state index >= 15 is 0 Å². The summed E-state index contributed by atoms with van der Waals surface area (Å²) < 4.78 is 0.790. The fraction of sp³-hybridized carbons (Fsp3) is 0.467. The number of anilines is 1. The molecule has 2 aromatic rings. The molecule has 0 radical (unpaired) electrons. The molecule has 0 aromatic carbocycles. The molecule has 2 heterocycles. The molecule has 0 spiro atoms. The van der Waals surface area contributed by atoms with Crippen LogP contribution in [0.3, 0.4) is 0 Å². The quantitative estimate of drug-likeness (QED) is 0.821. The highest BCUT2D eigenvalue weighted by Crippen LogP contribution is 2.33. The summed E-state index contributed by atoms with van der Waals surface area (Å²) in [5.41, 5.74) is 2.09. The van der Waals surface area contributed by atoms with E-state index < -0.39 is 0 Å². The number of halogens is 1. The number of aryl methyl sites for hydroxylation is 1. The Kier molecular flexibility index (Phi) is 5.38. The molecule has 0 aliphatic heterocycles. The summed E-state index contributed by atoms with van der Waals surface area (Å²) in [5, 5.41) is 3.40. The Balaban J connectivity index is 2.45. The zero-order chi connectivity index (χ0) is 14.5. The van der Waals surface area contributed by atoms with Gasteiger partial charge >= 0.3 is 0 Å². The van der Waals surface area contributed by atoms with Crippen LogP contribution in [0.4, 0.5) is 5.82 Å². The minimum Gasteiger partial charge on any atom is -0.370 e. The standard InChI is InChI=1S/C15H20ClN3S/c1-4-6-13-18-14(11-7-8-12(16)20-11)10(3)15(19-13)17-9-5-2/h7-8H,4-6,9H2,1-3H3,(H,17,18,19). The highest BCUT2D eigenvalue weighted by Gasteiger charge is 2.13. The summed E-state index contributed by atoms with van der Waals surface area (Å²) in [6, 6.07) is 3.95. The topological polar surface area (TPSA) is 37.8 Å². The Morgan fingerprint density at radius 3 is 2.60 bits per heavy atom. The Morgan fingerprint density at radius 2 is 2.00 bits per heavy atom. The van der Waals surface area contributed by atoms with E-state index in [2.05, 4.69) is 31.1 Å². The molecule has 2 rings (SSSR count). The molecule has 0 atom stereocenters. The van der Waals surface area contributed by atoms with Crippen LogP contribution in [0.25, 0.3) is 10.6 Å². The first-order valence-corrected chi connectivity index (χ1v) is 8.22. The summed E-state index contributed by atoms with van der Waals surface area (Å²) in [6.45, 7) is 7.28. The van der Waals surface area contributed by atoms with E-state index in [0.717, 1.165) is 57.9 Å². The molecule has 5 heteroatoms. The molecule has 0 saturated carbocycles. The molecule has 0 aliphatic carbocycles. The first-order valence-electron chi connectivity index (χ1n) is 7.02. The second-order valence-electron chi connectivity index (χ2n) is 4.74. The van der Waals surface area contributed by atoms with Gasteiger partial charge in [-0.3, -0.25) is 0 Å². The fourth-order valence-electron chi connectivity index (χ4n) is 2.00. The Labute approximate surface area is 129 Å². The van der Waals surface area contributed by atoms with Crippen LogP contribution in [-0.2, 0) is 6.42 Å². The van der Waals surface area contributed by atoms with Gasteiger partial charge in [-0.2, -0.15) is 0 Å². The van der Waals surface area contributed by atoms with Crippen LogP contribution < -0.4 is 5.32 Å². The van der Waals surface area contributed by atoms with Crippen molar-refractivity contribution >= 4 is 28.8 Å². The van der Waals surface area contributed by atoms with E-state index in [-0.39, 0.29) is 0 Å². The predicted octanol–water partition coefficient (Wildman–Crippen LogP) is 4.94. The molecule has 0 amide bonds. The minimum atomic E-state index is 0.790. The van der Waals surface area contributed by atoms with E-state index in [1.54, 1.807) is 11.3 Å². The van der Waals surface area contributed by atoms with Crippen molar-refractivity contribution < 1.29 is 0 Å². The molecule has 108 valence electrons. The van der Waals surface area contributed by atoms with Gasteiger partial charge in [0.05, 0.1) is 14.9 Å². The summed E-state index contributed by atoms with van der Waals surface area (Å²) in [7, 11) is 0. The lowest BCUT2D eigenvalue weighted by Crippen LogP contribution is -2.08. The average Bonchev–Trinajstić information content (AvgIpc) is 2.85. The minimum absolute atomic E-state index is 0.790. The highest BCUT2D eigenvalue weighted by molar-refractivity contribution is 7.19. The van der Waals surface area contributed by atoms with Gasteiger partial charge in [-0.05, 0) is 31.9 Å². The van der Waals surface area contributed by atoms with Crippen molar-refractivity contribution in [3.05, 3.63) is 27.9 Å². The molecule has 0 aliphatic rings. The number of aromatic nitrogens is 2. The van der Waals surface area contributed by atoms with Crippen molar-refractivity contribution in [2.24, 2.45) is 0 Å². The predicted molar refractivity (Wildman–Crippen MR) is 87.9 cm³/mol. The summed E-state index contributed by atoms with van der Waals surface area (Å²) in [4.78, 5) is 10.5. The second-order valence-corrected chi connectivity index (χ2v) is 6.46. The van der Waals surface area contributed by atoms with Crippen molar-refractivity contribution in [1.29, 1.82) is 0 Å². The van der Waals surface area contributed by atoms with Gasteiger partial charge < -0.3 is 5.32 Å². The van der Waals surface area contributed by atoms with Gasteiger partial charge in [-0.15, -0.1) is 11.3 Å². The number of nitrogens with zero attached hydrogens (tertiary/aromatic N) is 2. The van der Waals surface area contributed by atoms with Gasteiger partial charge in [0.15, 0.2) is 0 Å². The van der Waals surface area contributed by atoms with Crippen molar-refractivity contribution in [3.8, 4) is 10.6 Å². The number of hydrogen-bond acceptors (Lipinski definition) is 4. The van der Waals surface area contributed by atoms with Crippen LogP contribution in [0, 0.1) is 6.92 Å². The number of rotatable bonds is 6. The monoisotopic (exact) mass is 309 g/mol. The molecule has 0 saturated heterocycles. The molecular formula is C15H20ClN3S. The van der Waals surface area contributed by atoms with Gasteiger partial charge in [0, 0.05) is 18.5 Å². The molecule has 1 N–H and O–H groups in total. The van der Waals surface area contributed by atoms with Crippen molar-refractivity contribution in [2.45, 2.75) is 40.0 Å². The van der Waals surface area contributed by atoms with E-state index in [1.807, 2.05) is 12.1 Å². The van der Waals surface area contributed by atoms with Gasteiger partial charge in [-0.1, -0.05) is 25.4 Å². The van der Waals surface area contributed by atoms with Crippen LogP contribution in [0.1, 0.15) is 38.1 Å². The average molecular weight is 310 g/mol. The summed E-state index contributed by atoms with van der Waals surface area (Å²) in [5.74, 6) is 1.85. The number of nitrogens with one attached hydrogen (secondary N) is 1. The summed E-state index contributed by atoms with van der Waals surface area (Å²) >= 11 is 7.61. The Morgan fingerprint density at radius 1 is 1.20 bits per heavy atom. The largest absolute Gasteiger partial charge is 0.370 e. The highest BCUT2D eigenvalue weighted by atomic mass is 35.5. The van der Waals surface area contributed by atoms with Crippen molar-refractivity contribution in [3.63, 3.8) is 0 Å². The van der Waals surface area contributed by atoms with Crippen LogP contribution >= 0.6 is 22.9 Å². The molecule has 20 heavy (non-hydrogen) atoms. The smallest absolute Gasteiger partial charge is 0.133 e. The SMILES string of the molecule is CCCNc1nc(CCC)nc(-c2ccc(Cl)s2)c1C. The van der Waals surface area contributed by atoms with Gasteiger partial charge in [0.25, 0.3) is 0 Å². The Bertz CT molecular complexity index is 580. The fourth-order valence-corrected chi connectivity index (χ4v) is 3.09. The molecule has 3 nitrogen and oxygen atoms in total. The zero-order valence-corrected chi connectivity index (χ0v) is 13.7. The summed E-state index contributed by atoms with van der Waals surface area (Å²) in [6.07, 6.45) is 3.01. The molecule has 0 bridgehead atoms. The van der Waals surface area contributed by atoms with E-state index in [4.69, 9.17) is 16.6 Å². The lowest BCUT2D eigenvalue weighted by Gasteiger charge is -2.12. The third kappa shape index (κ3) is 3.49. The van der Waals surface area contributed by atoms with Crippen molar-refractivity contribution in [2.75, 3.05) is 11.9 Å². The maximum atomic E-state index is 6.05. The molecule has 2 aromatic heterocycles. The van der Waals surface area contributed by atoms with Crippen LogP contribution in [-0.4, -0.2) is 16.5 Å². The van der Waals surface area contributed by atoms with Crippen molar-refractivity contribution in [1.82, 2.24) is 9.97 Å². The number of hydrogen-bond donors (Lipinski definition) is 1. The lowest BCUT2D eigenvalue weighted by molar-refractivity contribution is 0.830. The third-order valence-electron chi connectivity index (χ3n) is 3.01. The first-order chi connectivity index (χ1) is 9.65. The van der Waals surface area contributed by atoms with Crippen LogP contribution in [0.5, 0.6) is 0 Å². The normalized spacial score (nSPS) is 10.8. The molecule has 0 fully saturated rings. The van der Waals surface area contributed by atoms with E-state index in [0.29, 0.717) is 0 Å². The van der Waals surface area contributed by atoms with E-state index in [9.17, 15) is 0 Å².